The third-order valence-electron chi connectivity index (χ3n) is 3.40. The largest absolute Gasteiger partial charge is 0.368 e. The number of hydrogen-bond donors (Lipinski definition) is 4. The smallest absolute Gasteiger partial charge is 0.319 e. The van der Waals surface area contributed by atoms with Crippen molar-refractivity contribution in [2.24, 2.45) is 11.7 Å². The highest BCUT2D eigenvalue weighted by atomic mass is 79.9. The lowest BCUT2D eigenvalue weighted by Crippen LogP contribution is -2.52. The number of benzene rings is 1. The molecule has 4 amide bonds. The second-order valence-corrected chi connectivity index (χ2v) is 6.19. The number of nitrogens with two attached hydrogens (primary N) is 1. The fourth-order valence-electron chi connectivity index (χ4n) is 1.88. The molecule has 0 aliphatic carbocycles. The van der Waals surface area contributed by atoms with Crippen LogP contribution < -0.4 is 21.7 Å². The molecule has 0 aliphatic rings. The number of amides is 4. The van der Waals surface area contributed by atoms with Crippen molar-refractivity contribution in [2.75, 3.05) is 11.9 Å². The van der Waals surface area contributed by atoms with Gasteiger partial charge in [0.15, 0.2) is 0 Å². The molecule has 0 spiro atoms. The summed E-state index contributed by atoms with van der Waals surface area (Å²) in [4.78, 5) is 34.9. The van der Waals surface area contributed by atoms with Crippen molar-refractivity contribution < 1.29 is 18.8 Å². The van der Waals surface area contributed by atoms with Gasteiger partial charge in [0, 0.05) is 4.47 Å². The van der Waals surface area contributed by atoms with Gasteiger partial charge in [0.1, 0.15) is 11.9 Å². The molecule has 0 saturated heterocycles. The summed E-state index contributed by atoms with van der Waals surface area (Å²) in [6, 6.07) is 2.57. The lowest BCUT2D eigenvalue weighted by Gasteiger charge is -2.23. The van der Waals surface area contributed by atoms with Crippen molar-refractivity contribution in [3.63, 3.8) is 0 Å². The summed E-state index contributed by atoms with van der Waals surface area (Å²) in [5.41, 5.74) is 4.97. The van der Waals surface area contributed by atoms with Gasteiger partial charge in [-0.3, -0.25) is 9.59 Å². The highest BCUT2D eigenvalue weighted by Gasteiger charge is 2.26. The lowest BCUT2D eigenvalue weighted by atomic mass is 9.98. The van der Waals surface area contributed by atoms with E-state index < -0.39 is 29.7 Å². The second-order valence-electron chi connectivity index (χ2n) is 5.27. The fraction of sp³-hybridized carbons (Fsp3) is 0.400. The number of halogens is 2. The molecule has 0 fully saturated rings. The molecule has 0 unspecified atom stereocenters. The highest BCUT2D eigenvalue weighted by molar-refractivity contribution is 9.10. The quantitative estimate of drug-likeness (QED) is 0.556. The standard InChI is InChI=1S/C15H20BrFN4O3/c1-3-8(2)13(14(23)19-7-12(18)22)21-15(24)20-11-5-4-9(16)6-10(11)17/h4-6,8,13H,3,7H2,1-2H3,(H2,18,22)(H,19,23)(H2,20,21,24)/t8-,13-/m0/s1. The summed E-state index contributed by atoms with van der Waals surface area (Å²) in [6.45, 7) is 3.30. The Morgan fingerprint density at radius 2 is 2.00 bits per heavy atom. The normalized spacial score (nSPS) is 12.8. The van der Waals surface area contributed by atoms with Gasteiger partial charge in [0.2, 0.25) is 11.8 Å². The maximum absolute atomic E-state index is 13.7. The molecule has 132 valence electrons. The zero-order valence-electron chi connectivity index (χ0n) is 13.4. The molecule has 1 aromatic rings. The molecule has 7 nitrogen and oxygen atoms in total. The summed E-state index contributed by atoms with van der Waals surface area (Å²) < 4.78 is 14.3. The fourth-order valence-corrected chi connectivity index (χ4v) is 2.21. The molecule has 2 atom stereocenters. The predicted molar refractivity (Wildman–Crippen MR) is 91.7 cm³/mol. The summed E-state index contributed by atoms with van der Waals surface area (Å²) in [7, 11) is 0. The van der Waals surface area contributed by atoms with Gasteiger partial charge in [-0.15, -0.1) is 0 Å². The average Bonchev–Trinajstić information content (AvgIpc) is 2.52. The molecule has 5 N–H and O–H groups in total. The maximum atomic E-state index is 13.7. The van der Waals surface area contributed by atoms with E-state index in [0.29, 0.717) is 10.9 Å². The Bertz CT molecular complexity index is 627. The van der Waals surface area contributed by atoms with Gasteiger partial charge >= 0.3 is 6.03 Å². The Morgan fingerprint density at radius 3 is 2.54 bits per heavy atom. The molecule has 24 heavy (non-hydrogen) atoms. The van der Waals surface area contributed by atoms with Crippen LogP contribution in [-0.4, -0.2) is 30.4 Å². The third kappa shape index (κ3) is 6.15. The van der Waals surface area contributed by atoms with Crippen LogP contribution in [0.3, 0.4) is 0 Å². The van der Waals surface area contributed by atoms with Crippen LogP contribution in [0.25, 0.3) is 0 Å². The Balaban J connectivity index is 2.76. The highest BCUT2D eigenvalue weighted by Crippen LogP contribution is 2.19. The average molecular weight is 403 g/mol. The van der Waals surface area contributed by atoms with Crippen molar-refractivity contribution in [3.8, 4) is 0 Å². The molecular weight excluding hydrogens is 383 g/mol. The zero-order valence-corrected chi connectivity index (χ0v) is 14.9. The third-order valence-corrected chi connectivity index (χ3v) is 3.89. The van der Waals surface area contributed by atoms with E-state index >= 15 is 0 Å². The number of rotatable bonds is 7. The van der Waals surface area contributed by atoms with Crippen molar-refractivity contribution >= 4 is 39.5 Å². The topological polar surface area (TPSA) is 113 Å². The van der Waals surface area contributed by atoms with E-state index in [2.05, 4.69) is 31.9 Å². The zero-order chi connectivity index (χ0) is 18.3. The Kier molecular flexibility index (Phi) is 7.63. The number of anilines is 1. The number of primary amides is 1. The number of urea groups is 1. The van der Waals surface area contributed by atoms with Gasteiger partial charge in [-0.05, 0) is 24.1 Å². The molecule has 9 heteroatoms. The molecule has 1 aromatic carbocycles. The van der Waals surface area contributed by atoms with Crippen molar-refractivity contribution in [1.29, 1.82) is 0 Å². The van der Waals surface area contributed by atoms with E-state index in [4.69, 9.17) is 5.73 Å². The van der Waals surface area contributed by atoms with Gasteiger partial charge in [0.05, 0.1) is 12.2 Å². The Labute approximate surface area is 147 Å². The van der Waals surface area contributed by atoms with Crippen molar-refractivity contribution in [2.45, 2.75) is 26.3 Å². The number of nitrogens with one attached hydrogen (secondary N) is 3. The lowest BCUT2D eigenvalue weighted by molar-refractivity contribution is -0.126. The number of carbonyl (C=O) groups is 3. The van der Waals surface area contributed by atoms with Crippen LogP contribution in [0.4, 0.5) is 14.9 Å². The van der Waals surface area contributed by atoms with Gasteiger partial charge in [-0.2, -0.15) is 0 Å². The molecular formula is C15H20BrFN4O3. The van der Waals surface area contributed by atoms with Crippen LogP contribution in [0, 0.1) is 11.7 Å². The van der Waals surface area contributed by atoms with E-state index in [1.807, 2.05) is 6.92 Å². The number of carbonyl (C=O) groups excluding carboxylic acids is 3. The van der Waals surface area contributed by atoms with Crippen LogP contribution >= 0.6 is 15.9 Å². The van der Waals surface area contributed by atoms with Crippen LogP contribution in [0.1, 0.15) is 20.3 Å². The summed E-state index contributed by atoms with van der Waals surface area (Å²) >= 11 is 3.12. The van der Waals surface area contributed by atoms with E-state index in [9.17, 15) is 18.8 Å². The van der Waals surface area contributed by atoms with Gasteiger partial charge in [-0.1, -0.05) is 36.2 Å². The van der Waals surface area contributed by atoms with Crippen LogP contribution in [0.5, 0.6) is 0 Å². The Hall–Kier alpha value is -2.16. The first-order chi connectivity index (χ1) is 11.2. The first kappa shape index (κ1) is 19.9. The maximum Gasteiger partial charge on any atom is 0.319 e. The minimum absolute atomic E-state index is 0.0175. The van der Waals surface area contributed by atoms with Crippen molar-refractivity contribution in [1.82, 2.24) is 10.6 Å². The van der Waals surface area contributed by atoms with E-state index in [1.54, 1.807) is 13.0 Å². The molecule has 0 saturated carbocycles. The SMILES string of the molecule is CC[C@H](C)[C@H](NC(=O)Nc1ccc(Br)cc1F)C(=O)NCC(N)=O. The predicted octanol–water partition coefficient (Wildman–Crippen LogP) is 1.73. The second kappa shape index (κ2) is 9.21. The molecule has 0 aliphatic heterocycles. The van der Waals surface area contributed by atoms with E-state index in [-0.39, 0.29) is 18.2 Å². The van der Waals surface area contributed by atoms with Crippen LogP contribution in [0.2, 0.25) is 0 Å². The van der Waals surface area contributed by atoms with Gasteiger partial charge < -0.3 is 21.7 Å². The molecule has 0 heterocycles. The van der Waals surface area contributed by atoms with Crippen molar-refractivity contribution in [3.05, 3.63) is 28.5 Å². The van der Waals surface area contributed by atoms with Crippen LogP contribution in [0.15, 0.2) is 22.7 Å². The minimum atomic E-state index is -0.882. The first-order valence-corrected chi connectivity index (χ1v) is 8.12. The minimum Gasteiger partial charge on any atom is -0.368 e. The monoisotopic (exact) mass is 402 g/mol. The Morgan fingerprint density at radius 1 is 1.33 bits per heavy atom. The van der Waals surface area contributed by atoms with Gasteiger partial charge in [0.25, 0.3) is 0 Å². The van der Waals surface area contributed by atoms with E-state index in [1.165, 1.54) is 12.1 Å². The summed E-state index contributed by atoms with van der Waals surface area (Å²) in [6.07, 6.45) is 0.613. The van der Waals surface area contributed by atoms with Gasteiger partial charge in [-0.25, -0.2) is 9.18 Å². The molecule has 0 radical (unpaired) electrons. The summed E-state index contributed by atoms with van der Waals surface area (Å²) in [5.74, 6) is -2.03. The van der Waals surface area contributed by atoms with E-state index in [0.717, 1.165) is 0 Å². The number of hydrogen-bond acceptors (Lipinski definition) is 3. The molecule has 0 bridgehead atoms. The first-order valence-electron chi connectivity index (χ1n) is 7.33. The summed E-state index contributed by atoms with van der Waals surface area (Å²) in [5, 5.41) is 7.19. The molecule has 1 rings (SSSR count). The molecule has 0 aromatic heterocycles. The van der Waals surface area contributed by atoms with Crippen LogP contribution in [-0.2, 0) is 9.59 Å².